The molecule has 0 saturated carbocycles. The number of aliphatic hydroxyl groups excluding tert-OH is 3. The number of benzene rings is 1. The lowest BCUT2D eigenvalue weighted by atomic mass is 10.00. The zero-order chi connectivity index (χ0) is 12.4. The molecule has 0 amide bonds. The topological polar surface area (TPSA) is 79.2 Å². The largest absolute Gasteiger partial charge is 0.462 e. The van der Waals surface area contributed by atoms with Gasteiger partial charge in [0, 0.05) is 0 Å². The van der Waals surface area contributed by atoms with E-state index in [1.54, 1.807) is 31.2 Å². The van der Waals surface area contributed by atoms with E-state index in [1.165, 1.54) is 0 Å². The lowest BCUT2D eigenvalue weighted by molar-refractivity contribution is -0.268. The van der Waals surface area contributed by atoms with Gasteiger partial charge in [-0.3, -0.25) is 0 Å². The standard InChI is InChI=1S/C12H16O5/c1-7-9(13)10(14)11(15)12(16-7)17-8-5-3-2-4-6-8/h2-7,9-15H,1H3. The van der Waals surface area contributed by atoms with Crippen LogP contribution in [0.1, 0.15) is 6.92 Å². The van der Waals surface area contributed by atoms with Gasteiger partial charge < -0.3 is 24.8 Å². The highest BCUT2D eigenvalue weighted by Gasteiger charge is 2.43. The lowest BCUT2D eigenvalue weighted by Crippen LogP contribution is -2.58. The van der Waals surface area contributed by atoms with Crippen LogP contribution in [0.25, 0.3) is 0 Å². The van der Waals surface area contributed by atoms with Crippen LogP contribution in [0.15, 0.2) is 30.3 Å². The predicted octanol–water partition coefficient (Wildman–Crippen LogP) is -0.107. The molecule has 1 aromatic carbocycles. The molecule has 3 N–H and O–H groups in total. The van der Waals surface area contributed by atoms with Crippen molar-refractivity contribution in [2.45, 2.75) is 37.6 Å². The third-order valence-corrected chi connectivity index (χ3v) is 2.80. The van der Waals surface area contributed by atoms with Crippen molar-refractivity contribution in [3.05, 3.63) is 30.3 Å². The molecule has 5 atom stereocenters. The van der Waals surface area contributed by atoms with Gasteiger partial charge in [0.2, 0.25) is 6.29 Å². The maximum atomic E-state index is 9.73. The Morgan fingerprint density at radius 1 is 1.00 bits per heavy atom. The third kappa shape index (κ3) is 2.58. The van der Waals surface area contributed by atoms with Gasteiger partial charge in [-0.05, 0) is 19.1 Å². The second-order valence-electron chi connectivity index (χ2n) is 4.11. The number of rotatable bonds is 2. The molecule has 5 heteroatoms. The Morgan fingerprint density at radius 3 is 2.29 bits per heavy atom. The van der Waals surface area contributed by atoms with Crippen LogP contribution in [0, 0.1) is 0 Å². The molecule has 0 bridgehead atoms. The maximum Gasteiger partial charge on any atom is 0.229 e. The summed E-state index contributed by atoms with van der Waals surface area (Å²) in [5, 5.41) is 28.8. The van der Waals surface area contributed by atoms with Gasteiger partial charge in [0.05, 0.1) is 6.10 Å². The Morgan fingerprint density at radius 2 is 1.65 bits per heavy atom. The van der Waals surface area contributed by atoms with Crippen molar-refractivity contribution in [1.29, 1.82) is 0 Å². The van der Waals surface area contributed by atoms with Gasteiger partial charge in [0.1, 0.15) is 24.1 Å². The molecule has 1 aliphatic heterocycles. The Labute approximate surface area is 99.2 Å². The highest BCUT2D eigenvalue weighted by molar-refractivity contribution is 5.21. The van der Waals surface area contributed by atoms with Crippen LogP contribution in [0.4, 0.5) is 0 Å². The minimum absolute atomic E-state index is 0.535. The van der Waals surface area contributed by atoms with Crippen molar-refractivity contribution >= 4 is 0 Å². The molecule has 1 fully saturated rings. The van der Waals surface area contributed by atoms with Crippen molar-refractivity contribution in [1.82, 2.24) is 0 Å². The summed E-state index contributed by atoms with van der Waals surface area (Å²) in [6.07, 6.45) is -5.23. The van der Waals surface area contributed by atoms with Gasteiger partial charge in [-0.2, -0.15) is 0 Å². The Kier molecular flexibility index (Phi) is 3.63. The molecule has 0 radical (unpaired) electrons. The van der Waals surface area contributed by atoms with E-state index < -0.39 is 30.7 Å². The molecule has 94 valence electrons. The summed E-state index contributed by atoms with van der Waals surface area (Å²) in [5.74, 6) is 0.535. The Bertz CT molecular complexity index is 355. The molecule has 0 spiro atoms. The molecule has 1 heterocycles. The van der Waals surface area contributed by atoms with Gasteiger partial charge in [-0.15, -0.1) is 0 Å². The first-order chi connectivity index (χ1) is 8.09. The average Bonchev–Trinajstić information content (AvgIpc) is 2.35. The zero-order valence-corrected chi connectivity index (χ0v) is 9.43. The molecule has 2 rings (SSSR count). The van der Waals surface area contributed by atoms with Crippen LogP contribution in [0.2, 0.25) is 0 Å². The molecule has 1 aromatic rings. The van der Waals surface area contributed by atoms with E-state index in [2.05, 4.69) is 0 Å². The molecule has 5 unspecified atom stereocenters. The van der Waals surface area contributed by atoms with Gasteiger partial charge in [-0.1, -0.05) is 18.2 Å². The van der Waals surface area contributed by atoms with Crippen molar-refractivity contribution in [3.8, 4) is 5.75 Å². The first-order valence-corrected chi connectivity index (χ1v) is 5.51. The number of aliphatic hydroxyl groups is 3. The second-order valence-corrected chi connectivity index (χ2v) is 4.11. The van der Waals surface area contributed by atoms with Gasteiger partial charge in [0.15, 0.2) is 0 Å². The number of hydrogen-bond donors (Lipinski definition) is 3. The zero-order valence-electron chi connectivity index (χ0n) is 9.43. The molecule has 5 nitrogen and oxygen atoms in total. The lowest BCUT2D eigenvalue weighted by Gasteiger charge is -2.38. The summed E-state index contributed by atoms with van der Waals surface area (Å²) in [4.78, 5) is 0. The average molecular weight is 240 g/mol. The SMILES string of the molecule is CC1OC(Oc2ccccc2)C(O)C(O)C1O. The predicted molar refractivity (Wildman–Crippen MR) is 59.4 cm³/mol. The Balaban J connectivity index is 2.06. The highest BCUT2D eigenvalue weighted by Crippen LogP contribution is 2.23. The van der Waals surface area contributed by atoms with Crippen molar-refractivity contribution < 1.29 is 24.8 Å². The molecule has 1 aliphatic rings. The summed E-state index contributed by atoms with van der Waals surface area (Å²) in [5.41, 5.74) is 0. The molecule has 0 aliphatic carbocycles. The smallest absolute Gasteiger partial charge is 0.229 e. The van der Waals surface area contributed by atoms with Crippen LogP contribution >= 0.6 is 0 Å². The minimum atomic E-state index is -1.28. The minimum Gasteiger partial charge on any atom is -0.462 e. The van der Waals surface area contributed by atoms with Crippen LogP contribution in [0.3, 0.4) is 0 Å². The van der Waals surface area contributed by atoms with Crippen LogP contribution in [0.5, 0.6) is 5.75 Å². The van der Waals surface area contributed by atoms with Crippen LogP contribution in [-0.2, 0) is 4.74 Å². The van der Waals surface area contributed by atoms with E-state index in [4.69, 9.17) is 9.47 Å². The van der Waals surface area contributed by atoms with Gasteiger partial charge >= 0.3 is 0 Å². The summed E-state index contributed by atoms with van der Waals surface area (Å²) in [7, 11) is 0. The fourth-order valence-corrected chi connectivity index (χ4v) is 1.74. The van der Waals surface area contributed by atoms with Crippen molar-refractivity contribution in [3.63, 3.8) is 0 Å². The van der Waals surface area contributed by atoms with E-state index in [-0.39, 0.29) is 0 Å². The third-order valence-electron chi connectivity index (χ3n) is 2.80. The van der Waals surface area contributed by atoms with Crippen molar-refractivity contribution in [2.24, 2.45) is 0 Å². The number of para-hydroxylation sites is 1. The molecular formula is C12H16O5. The highest BCUT2D eigenvalue weighted by atomic mass is 16.7. The normalized spacial score (nSPS) is 37.8. The maximum absolute atomic E-state index is 9.73. The molecule has 17 heavy (non-hydrogen) atoms. The monoisotopic (exact) mass is 240 g/mol. The van der Waals surface area contributed by atoms with Gasteiger partial charge in [0.25, 0.3) is 0 Å². The quantitative estimate of drug-likeness (QED) is 0.672. The first kappa shape index (κ1) is 12.3. The molecular weight excluding hydrogens is 224 g/mol. The second kappa shape index (κ2) is 5.01. The van der Waals surface area contributed by atoms with Gasteiger partial charge in [-0.25, -0.2) is 0 Å². The van der Waals surface area contributed by atoms with E-state index in [0.717, 1.165) is 0 Å². The van der Waals surface area contributed by atoms with E-state index in [9.17, 15) is 15.3 Å². The fourth-order valence-electron chi connectivity index (χ4n) is 1.74. The number of ether oxygens (including phenoxy) is 2. The molecule has 1 saturated heterocycles. The first-order valence-electron chi connectivity index (χ1n) is 5.51. The summed E-state index contributed by atoms with van der Waals surface area (Å²) in [6, 6.07) is 8.86. The van der Waals surface area contributed by atoms with Crippen LogP contribution < -0.4 is 4.74 Å². The fraction of sp³-hybridized carbons (Fsp3) is 0.500. The summed E-state index contributed by atoms with van der Waals surface area (Å²) in [6.45, 7) is 1.61. The van der Waals surface area contributed by atoms with Crippen LogP contribution in [-0.4, -0.2) is 46.0 Å². The number of hydrogen-bond acceptors (Lipinski definition) is 5. The van der Waals surface area contributed by atoms with E-state index in [1.807, 2.05) is 6.07 Å². The van der Waals surface area contributed by atoms with E-state index >= 15 is 0 Å². The van der Waals surface area contributed by atoms with E-state index in [0.29, 0.717) is 5.75 Å². The summed E-state index contributed by atoms with van der Waals surface area (Å²) >= 11 is 0. The Hall–Kier alpha value is -1.14. The summed E-state index contributed by atoms with van der Waals surface area (Å²) < 4.78 is 10.7. The van der Waals surface area contributed by atoms with Crippen molar-refractivity contribution in [2.75, 3.05) is 0 Å². The molecule has 0 aromatic heterocycles.